The van der Waals surface area contributed by atoms with Crippen molar-refractivity contribution in [1.82, 2.24) is 4.90 Å². The monoisotopic (exact) mass is 242 g/mol. The van der Waals surface area contributed by atoms with Crippen molar-refractivity contribution in [2.45, 2.75) is 38.4 Å². The van der Waals surface area contributed by atoms with Crippen LogP contribution in [0, 0.1) is 0 Å². The van der Waals surface area contributed by atoms with Gasteiger partial charge in [0.05, 0.1) is 20.6 Å². The van der Waals surface area contributed by atoms with E-state index < -0.39 is 24.0 Å². The van der Waals surface area contributed by atoms with Gasteiger partial charge in [-0.25, -0.2) is 9.59 Å². The number of nitrogens with zero attached hydrogens (tertiary/aromatic N) is 2. The summed E-state index contributed by atoms with van der Waals surface area (Å²) >= 11 is 0. The lowest BCUT2D eigenvalue weighted by atomic mass is 10.0. The van der Waals surface area contributed by atoms with Gasteiger partial charge in [-0.3, -0.25) is 4.99 Å². The Morgan fingerprint density at radius 1 is 1.18 bits per heavy atom. The van der Waals surface area contributed by atoms with Crippen LogP contribution in [0.4, 0.5) is 0 Å². The van der Waals surface area contributed by atoms with Gasteiger partial charge in [0.1, 0.15) is 0 Å². The predicted octanol–water partition coefficient (Wildman–Crippen LogP) is 0.212. The van der Waals surface area contributed by atoms with Crippen LogP contribution in [-0.4, -0.2) is 55.0 Å². The van der Waals surface area contributed by atoms with Crippen molar-refractivity contribution in [1.29, 1.82) is 0 Å². The maximum atomic E-state index is 11.8. The van der Waals surface area contributed by atoms with Gasteiger partial charge in [0.15, 0.2) is 12.1 Å². The van der Waals surface area contributed by atoms with Crippen LogP contribution < -0.4 is 0 Å². The summed E-state index contributed by atoms with van der Waals surface area (Å²) in [5.41, 5.74) is -0.328. The Morgan fingerprint density at radius 3 is 2.12 bits per heavy atom. The first-order valence-corrected chi connectivity index (χ1v) is 5.30. The van der Waals surface area contributed by atoms with E-state index in [1.165, 1.54) is 20.6 Å². The van der Waals surface area contributed by atoms with Gasteiger partial charge in [-0.1, -0.05) is 0 Å². The van der Waals surface area contributed by atoms with Crippen LogP contribution >= 0.6 is 0 Å². The van der Waals surface area contributed by atoms with Crippen LogP contribution in [0.5, 0.6) is 0 Å². The van der Waals surface area contributed by atoms with Crippen LogP contribution in [0.2, 0.25) is 0 Å². The van der Waals surface area contributed by atoms with Crippen LogP contribution in [0.3, 0.4) is 0 Å². The first kappa shape index (κ1) is 13.5. The molecule has 96 valence electrons. The van der Waals surface area contributed by atoms with Crippen molar-refractivity contribution >= 4 is 18.3 Å². The highest BCUT2D eigenvalue weighted by Crippen LogP contribution is 2.24. The molecule has 2 unspecified atom stereocenters. The van der Waals surface area contributed by atoms with E-state index in [0.29, 0.717) is 0 Å². The molecule has 0 radical (unpaired) electrons. The highest BCUT2D eigenvalue weighted by atomic mass is 16.5. The quantitative estimate of drug-likeness (QED) is 0.648. The summed E-state index contributed by atoms with van der Waals surface area (Å²) in [5.74, 6) is -1.03. The van der Waals surface area contributed by atoms with Gasteiger partial charge in [-0.2, -0.15) is 0 Å². The number of carbonyl (C=O) groups excluding carboxylic acids is 2. The van der Waals surface area contributed by atoms with E-state index in [9.17, 15) is 9.59 Å². The van der Waals surface area contributed by atoms with E-state index >= 15 is 0 Å². The minimum absolute atomic E-state index is 0.328. The minimum atomic E-state index is -0.855. The van der Waals surface area contributed by atoms with Gasteiger partial charge in [0.2, 0.25) is 0 Å². The van der Waals surface area contributed by atoms with Crippen molar-refractivity contribution in [3.63, 3.8) is 0 Å². The van der Waals surface area contributed by atoms with Gasteiger partial charge in [0, 0.05) is 5.54 Å². The molecule has 6 nitrogen and oxygen atoms in total. The van der Waals surface area contributed by atoms with Gasteiger partial charge in [-0.15, -0.1) is 0 Å². The SMILES string of the molecule is COC(=O)C1N=CN(C(C)(C)C)C1C(=O)OC. The Morgan fingerprint density at radius 2 is 1.71 bits per heavy atom. The van der Waals surface area contributed by atoms with Crippen LogP contribution in [0.15, 0.2) is 4.99 Å². The molecule has 0 spiro atoms. The summed E-state index contributed by atoms with van der Waals surface area (Å²) in [4.78, 5) is 29.0. The topological polar surface area (TPSA) is 68.2 Å². The van der Waals surface area contributed by atoms with E-state index in [2.05, 4.69) is 9.73 Å². The highest BCUT2D eigenvalue weighted by Gasteiger charge is 2.46. The highest BCUT2D eigenvalue weighted by molar-refractivity contribution is 5.92. The van der Waals surface area contributed by atoms with E-state index in [1.54, 1.807) is 4.90 Å². The molecule has 1 rings (SSSR count). The van der Waals surface area contributed by atoms with Gasteiger partial charge >= 0.3 is 11.9 Å². The lowest BCUT2D eigenvalue weighted by Gasteiger charge is -2.36. The molecular weight excluding hydrogens is 224 g/mol. The zero-order valence-corrected chi connectivity index (χ0v) is 10.8. The summed E-state index contributed by atoms with van der Waals surface area (Å²) in [7, 11) is 2.56. The molecule has 0 fully saturated rings. The van der Waals surface area contributed by atoms with Crippen molar-refractivity contribution in [2.75, 3.05) is 14.2 Å². The molecule has 1 aliphatic heterocycles. The molecule has 1 aliphatic rings. The second-order valence-corrected chi connectivity index (χ2v) is 4.78. The largest absolute Gasteiger partial charge is 0.467 e. The zero-order chi connectivity index (χ0) is 13.2. The fourth-order valence-electron chi connectivity index (χ4n) is 1.71. The van der Waals surface area contributed by atoms with Crippen molar-refractivity contribution < 1.29 is 19.1 Å². The molecule has 0 saturated heterocycles. The van der Waals surface area contributed by atoms with Crippen molar-refractivity contribution in [3.8, 4) is 0 Å². The third-order valence-corrected chi connectivity index (χ3v) is 2.61. The maximum absolute atomic E-state index is 11.8. The molecule has 0 N–H and O–H groups in total. The molecule has 1 heterocycles. The number of ether oxygens (including phenoxy) is 2. The molecule has 2 atom stereocenters. The first-order valence-electron chi connectivity index (χ1n) is 5.30. The number of rotatable bonds is 2. The molecule has 0 saturated carbocycles. The third-order valence-electron chi connectivity index (χ3n) is 2.61. The lowest BCUT2D eigenvalue weighted by Crippen LogP contribution is -2.53. The molecule has 0 aliphatic carbocycles. The van der Waals surface area contributed by atoms with E-state index in [-0.39, 0.29) is 5.54 Å². The number of hydrogen-bond acceptors (Lipinski definition) is 6. The molecule has 0 bridgehead atoms. The van der Waals surface area contributed by atoms with E-state index in [0.717, 1.165) is 0 Å². The van der Waals surface area contributed by atoms with Crippen LogP contribution in [-0.2, 0) is 19.1 Å². The molecule has 6 heteroatoms. The predicted molar refractivity (Wildman–Crippen MR) is 61.7 cm³/mol. The number of hydrogen-bond donors (Lipinski definition) is 0. The second-order valence-electron chi connectivity index (χ2n) is 4.78. The van der Waals surface area contributed by atoms with Crippen LogP contribution in [0.25, 0.3) is 0 Å². The Balaban J connectivity index is 3.02. The summed E-state index contributed by atoms with van der Waals surface area (Å²) in [5, 5.41) is 0. The molecule has 0 aromatic rings. The Kier molecular flexibility index (Phi) is 3.75. The molecule has 0 amide bonds. The van der Waals surface area contributed by atoms with E-state index in [4.69, 9.17) is 4.74 Å². The average Bonchev–Trinajstić information content (AvgIpc) is 2.70. The lowest BCUT2D eigenvalue weighted by molar-refractivity contribution is -0.153. The Bertz CT molecular complexity index is 346. The number of carbonyl (C=O) groups is 2. The van der Waals surface area contributed by atoms with Gasteiger partial charge in [0.25, 0.3) is 0 Å². The Labute approximate surface area is 101 Å². The Hall–Kier alpha value is -1.59. The smallest absolute Gasteiger partial charge is 0.333 e. The summed E-state index contributed by atoms with van der Waals surface area (Å²) in [6, 6.07) is -1.61. The zero-order valence-electron chi connectivity index (χ0n) is 10.8. The fraction of sp³-hybridized carbons (Fsp3) is 0.727. The fourth-order valence-corrected chi connectivity index (χ4v) is 1.71. The molecule has 0 aromatic carbocycles. The summed E-state index contributed by atoms with van der Waals surface area (Å²) < 4.78 is 9.35. The summed E-state index contributed by atoms with van der Waals surface area (Å²) in [6.07, 6.45) is 1.50. The van der Waals surface area contributed by atoms with Crippen LogP contribution in [0.1, 0.15) is 20.8 Å². The maximum Gasteiger partial charge on any atom is 0.333 e. The van der Waals surface area contributed by atoms with E-state index in [1.807, 2.05) is 20.8 Å². The molecule has 17 heavy (non-hydrogen) atoms. The second kappa shape index (κ2) is 4.73. The molecule has 0 aromatic heterocycles. The number of esters is 2. The minimum Gasteiger partial charge on any atom is -0.467 e. The summed E-state index contributed by atoms with van der Waals surface area (Å²) in [6.45, 7) is 5.78. The van der Waals surface area contributed by atoms with Crippen molar-refractivity contribution in [2.24, 2.45) is 4.99 Å². The van der Waals surface area contributed by atoms with Gasteiger partial charge < -0.3 is 14.4 Å². The normalized spacial score (nSPS) is 23.7. The third kappa shape index (κ3) is 2.57. The number of methoxy groups -OCH3 is 2. The standard InChI is InChI=1S/C11H18N2O4/c1-11(2,3)13-6-12-7(9(14)16-4)8(13)10(15)17-5/h6-8H,1-5H3. The average molecular weight is 242 g/mol. The van der Waals surface area contributed by atoms with Gasteiger partial charge in [-0.05, 0) is 20.8 Å². The number of aliphatic imine (C=N–C) groups is 1. The molecular formula is C11H18N2O4. The first-order chi connectivity index (χ1) is 7.82. The van der Waals surface area contributed by atoms with Crippen molar-refractivity contribution in [3.05, 3.63) is 0 Å².